The Balaban J connectivity index is 2.04. The maximum absolute atomic E-state index is 13.5. The van der Waals surface area contributed by atoms with Crippen molar-refractivity contribution in [2.24, 2.45) is 0 Å². The molecular weight excluding hydrogens is 235 g/mol. The molecule has 1 heterocycles. The Bertz CT molecular complexity index is 437. The minimum absolute atomic E-state index is 0.0407. The summed E-state index contributed by atoms with van der Waals surface area (Å²) < 4.78 is 18.4. The first kappa shape index (κ1) is 12.7. The van der Waals surface area contributed by atoms with Gasteiger partial charge in [0.05, 0.1) is 7.11 Å². The zero-order chi connectivity index (χ0) is 13.0. The molecule has 5 heteroatoms. The van der Waals surface area contributed by atoms with Crippen molar-refractivity contribution in [1.82, 2.24) is 5.32 Å². The predicted molar refractivity (Wildman–Crippen MR) is 67.2 cm³/mol. The van der Waals surface area contributed by atoms with Crippen LogP contribution in [0.25, 0.3) is 0 Å². The summed E-state index contributed by atoms with van der Waals surface area (Å²) in [6.45, 7) is 0.716. The maximum atomic E-state index is 13.5. The number of methoxy groups -OCH3 is 1. The van der Waals surface area contributed by atoms with Crippen LogP contribution < -0.4 is 15.4 Å². The van der Waals surface area contributed by atoms with Crippen molar-refractivity contribution in [3.05, 3.63) is 24.0 Å². The first-order valence-corrected chi connectivity index (χ1v) is 6.06. The van der Waals surface area contributed by atoms with E-state index in [9.17, 15) is 9.18 Å². The first-order valence-electron chi connectivity index (χ1n) is 6.06. The van der Waals surface area contributed by atoms with Crippen LogP contribution in [0.3, 0.4) is 0 Å². The number of ether oxygens (including phenoxy) is 1. The van der Waals surface area contributed by atoms with Gasteiger partial charge in [0.1, 0.15) is 0 Å². The van der Waals surface area contributed by atoms with Crippen LogP contribution in [0.4, 0.5) is 10.1 Å². The van der Waals surface area contributed by atoms with Gasteiger partial charge in [-0.15, -0.1) is 0 Å². The third kappa shape index (κ3) is 3.12. The highest BCUT2D eigenvalue weighted by Crippen LogP contribution is 2.22. The molecule has 1 saturated heterocycles. The van der Waals surface area contributed by atoms with Gasteiger partial charge in [-0.25, -0.2) is 4.39 Å². The lowest BCUT2D eigenvalue weighted by atomic mass is 10.1. The molecule has 2 rings (SSSR count). The van der Waals surface area contributed by atoms with E-state index in [1.54, 1.807) is 12.1 Å². The molecule has 0 spiro atoms. The fourth-order valence-electron chi connectivity index (χ4n) is 2.09. The van der Waals surface area contributed by atoms with E-state index in [4.69, 9.17) is 4.74 Å². The number of carbonyl (C=O) groups excluding carboxylic acids is 1. The molecule has 1 aromatic rings. The van der Waals surface area contributed by atoms with Crippen LogP contribution in [0.1, 0.15) is 19.3 Å². The smallest absolute Gasteiger partial charge is 0.222 e. The quantitative estimate of drug-likeness (QED) is 0.864. The Morgan fingerprint density at radius 1 is 1.50 bits per heavy atom. The Morgan fingerprint density at radius 2 is 2.33 bits per heavy atom. The van der Waals surface area contributed by atoms with Crippen LogP contribution >= 0.6 is 0 Å². The van der Waals surface area contributed by atoms with Gasteiger partial charge in [0.25, 0.3) is 0 Å². The second kappa shape index (κ2) is 5.71. The Labute approximate surface area is 106 Å². The van der Waals surface area contributed by atoms with E-state index in [-0.39, 0.29) is 17.7 Å². The predicted octanol–water partition coefficient (Wildman–Crippen LogP) is 1.91. The molecule has 0 aliphatic carbocycles. The molecule has 0 radical (unpaired) electrons. The maximum Gasteiger partial charge on any atom is 0.222 e. The van der Waals surface area contributed by atoms with Gasteiger partial charge in [-0.3, -0.25) is 4.79 Å². The van der Waals surface area contributed by atoms with Crippen molar-refractivity contribution in [2.75, 3.05) is 19.0 Å². The molecule has 98 valence electrons. The average molecular weight is 252 g/mol. The number of carbonyl (C=O) groups is 1. The lowest BCUT2D eigenvalue weighted by Gasteiger charge is -2.17. The number of hydrogen-bond acceptors (Lipinski definition) is 3. The molecule has 1 aliphatic rings. The van der Waals surface area contributed by atoms with Gasteiger partial charge in [0.15, 0.2) is 11.6 Å². The molecule has 1 aliphatic heterocycles. The van der Waals surface area contributed by atoms with Crippen LogP contribution in [0.2, 0.25) is 0 Å². The molecule has 2 N–H and O–H groups in total. The van der Waals surface area contributed by atoms with Gasteiger partial charge in [-0.1, -0.05) is 0 Å². The van der Waals surface area contributed by atoms with Crippen LogP contribution in [0.5, 0.6) is 5.75 Å². The van der Waals surface area contributed by atoms with Gasteiger partial charge in [-0.05, 0) is 25.0 Å². The van der Waals surface area contributed by atoms with Gasteiger partial charge in [0, 0.05) is 30.8 Å². The monoisotopic (exact) mass is 252 g/mol. The van der Waals surface area contributed by atoms with E-state index >= 15 is 0 Å². The van der Waals surface area contributed by atoms with Crippen molar-refractivity contribution in [2.45, 2.75) is 25.3 Å². The van der Waals surface area contributed by atoms with E-state index < -0.39 is 5.82 Å². The van der Waals surface area contributed by atoms with Gasteiger partial charge >= 0.3 is 0 Å². The molecule has 1 unspecified atom stereocenters. The van der Waals surface area contributed by atoms with E-state index in [1.807, 2.05) is 0 Å². The van der Waals surface area contributed by atoms with Gasteiger partial charge in [-0.2, -0.15) is 0 Å². The van der Waals surface area contributed by atoms with Crippen LogP contribution in [-0.2, 0) is 4.79 Å². The molecule has 4 nitrogen and oxygen atoms in total. The van der Waals surface area contributed by atoms with Crippen LogP contribution in [-0.4, -0.2) is 25.6 Å². The highest BCUT2D eigenvalue weighted by atomic mass is 19.1. The Kier molecular flexibility index (Phi) is 4.02. The molecule has 18 heavy (non-hydrogen) atoms. The fraction of sp³-hybridized carbons (Fsp3) is 0.462. The number of hydrogen-bond donors (Lipinski definition) is 2. The number of anilines is 1. The molecule has 1 aromatic carbocycles. The third-order valence-corrected chi connectivity index (χ3v) is 3.01. The van der Waals surface area contributed by atoms with Gasteiger partial charge in [0.2, 0.25) is 5.91 Å². The highest BCUT2D eigenvalue weighted by molar-refractivity contribution is 5.77. The van der Waals surface area contributed by atoms with E-state index in [2.05, 4.69) is 10.6 Å². The Hall–Kier alpha value is -1.78. The standard InChI is InChI=1S/C13H17FN2O2/c1-18-12-5-4-10(7-11(12)14)16-9-3-2-6-15-13(17)8-9/h4-5,7,9,16H,2-3,6,8H2,1H3,(H,15,17). The summed E-state index contributed by atoms with van der Waals surface area (Å²) in [6, 6.07) is 4.78. The van der Waals surface area contributed by atoms with E-state index in [0.717, 1.165) is 12.8 Å². The number of benzene rings is 1. The fourth-order valence-corrected chi connectivity index (χ4v) is 2.09. The molecule has 1 fully saturated rings. The number of rotatable bonds is 3. The van der Waals surface area contributed by atoms with Crippen molar-refractivity contribution in [1.29, 1.82) is 0 Å². The molecule has 0 bridgehead atoms. The van der Waals surface area contributed by atoms with Crippen LogP contribution in [0.15, 0.2) is 18.2 Å². The minimum atomic E-state index is -0.402. The summed E-state index contributed by atoms with van der Waals surface area (Å²) in [5.74, 6) is -0.140. The molecular formula is C13H17FN2O2. The van der Waals surface area contributed by atoms with Crippen molar-refractivity contribution < 1.29 is 13.9 Å². The largest absolute Gasteiger partial charge is 0.494 e. The van der Waals surface area contributed by atoms with Crippen molar-refractivity contribution in [3.63, 3.8) is 0 Å². The van der Waals surface area contributed by atoms with Crippen molar-refractivity contribution >= 4 is 11.6 Å². The topological polar surface area (TPSA) is 50.4 Å². The average Bonchev–Trinajstić information content (AvgIpc) is 2.54. The zero-order valence-corrected chi connectivity index (χ0v) is 10.3. The SMILES string of the molecule is COc1ccc(NC2CCCNC(=O)C2)cc1F. The normalized spacial score (nSPS) is 19.9. The number of nitrogens with one attached hydrogen (secondary N) is 2. The molecule has 1 atom stereocenters. The second-order valence-electron chi connectivity index (χ2n) is 4.39. The van der Waals surface area contributed by atoms with E-state index in [0.29, 0.717) is 18.7 Å². The summed E-state index contributed by atoms with van der Waals surface area (Å²) in [5.41, 5.74) is 0.674. The third-order valence-electron chi connectivity index (χ3n) is 3.01. The molecule has 1 amide bonds. The molecule has 0 saturated carbocycles. The summed E-state index contributed by atoms with van der Waals surface area (Å²) in [6.07, 6.45) is 2.25. The zero-order valence-electron chi connectivity index (χ0n) is 10.3. The lowest BCUT2D eigenvalue weighted by molar-refractivity contribution is -0.120. The van der Waals surface area contributed by atoms with E-state index in [1.165, 1.54) is 13.2 Å². The summed E-state index contributed by atoms with van der Waals surface area (Å²) >= 11 is 0. The van der Waals surface area contributed by atoms with Crippen LogP contribution in [0, 0.1) is 5.82 Å². The summed E-state index contributed by atoms with van der Waals surface area (Å²) in [5, 5.41) is 6.00. The number of halogens is 1. The minimum Gasteiger partial charge on any atom is -0.494 e. The summed E-state index contributed by atoms with van der Waals surface area (Å²) in [7, 11) is 1.43. The Morgan fingerprint density at radius 3 is 3.06 bits per heavy atom. The second-order valence-corrected chi connectivity index (χ2v) is 4.39. The van der Waals surface area contributed by atoms with Gasteiger partial charge < -0.3 is 15.4 Å². The highest BCUT2D eigenvalue weighted by Gasteiger charge is 2.17. The van der Waals surface area contributed by atoms with Crippen molar-refractivity contribution in [3.8, 4) is 5.75 Å². The number of amides is 1. The summed E-state index contributed by atoms with van der Waals surface area (Å²) in [4.78, 5) is 11.4. The molecule has 0 aromatic heterocycles. The lowest BCUT2D eigenvalue weighted by Crippen LogP contribution is -2.26. The first-order chi connectivity index (χ1) is 8.69.